The van der Waals surface area contributed by atoms with Crippen molar-refractivity contribution < 1.29 is 18.7 Å². The molecule has 0 radical (unpaired) electrons. The Morgan fingerprint density at radius 1 is 1.26 bits per heavy atom. The number of carbonyl (C=O) groups excluding carboxylic acids is 1. The van der Waals surface area contributed by atoms with Gasteiger partial charge in [-0.25, -0.2) is 4.98 Å². The molecule has 2 aliphatic rings. The fourth-order valence-electron chi connectivity index (χ4n) is 2.52. The van der Waals surface area contributed by atoms with Crippen molar-refractivity contribution >= 4 is 5.91 Å². The Morgan fingerprint density at radius 2 is 1.95 bits per heavy atom. The molecule has 5 nitrogen and oxygen atoms in total. The Kier molecular flexibility index (Phi) is 3.20. The maximum atomic E-state index is 12.7. The van der Waals surface area contributed by atoms with Gasteiger partial charge in [0.25, 0.3) is 5.91 Å². The van der Waals surface area contributed by atoms with Crippen LogP contribution in [0.3, 0.4) is 0 Å². The van der Waals surface area contributed by atoms with Gasteiger partial charge in [0.15, 0.2) is 5.79 Å². The highest BCUT2D eigenvalue weighted by atomic mass is 19.1. The molecule has 102 valence electrons. The van der Waals surface area contributed by atoms with E-state index in [0.29, 0.717) is 44.7 Å². The van der Waals surface area contributed by atoms with Gasteiger partial charge in [0, 0.05) is 32.1 Å². The van der Waals surface area contributed by atoms with Crippen LogP contribution in [0.2, 0.25) is 0 Å². The molecule has 3 heterocycles. The summed E-state index contributed by atoms with van der Waals surface area (Å²) in [5, 5.41) is 0. The lowest BCUT2D eigenvalue weighted by atomic mass is 10.0. The first kappa shape index (κ1) is 12.5. The number of piperidine rings is 1. The number of pyridine rings is 1. The summed E-state index contributed by atoms with van der Waals surface area (Å²) in [6.07, 6.45) is 2.62. The Bertz CT molecular complexity index is 461. The Morgan fingerprint density at radius 3 is 2.53 bits per heavy atom. The minimum absolute atomic E-state index is 0.125. The van der Waals surface area contributed by atoms with Crippen LogP contribution in [0.25, 0.3) is 0 Å². The first-order valence-electron chi connectivity index (χ1n) is 6.37. The number of ether oxygens (including phenoxy) is 2. The number of likely N-dealkylation sites (tertiary alicyclic amines) is 1. The number of nitrogens with zero attached hydrogens (tertiary/aromatic N) is 2. The first-order valence-corrected chi connectivity index (χ1v) is 6.37. The molecule has 19 heavy (non-hydrogen) atoms. The molecule has 0 aliphatic carbocycles. The lowest BCUT2D eigenvalue weighted by molar-refractivity contribution is -0.181. The van der Waals surface area contributed by atoms with Gasteiger partial charge in [-0.05, 0) is 12.1 Å². The molecule has 1 spiro atoms. The van der Waals surface area contributed by atoms with Gasteiger partial charge in [0.1, 0.15) is 0 Å². The van der Waals surface area contributed by atoms with E-state index in [9.17, 15) is 9.18 Å². The average Bonchev–Trinajstić information content (AvgIpc) is 2.88. The van der Waals surface area contributed by atoms with Crippen LogP contribution in [-0.4, -0.2) is 47.9 Å². The normalized spacial score (nSPS) is 21.8. The molecular weight excluding hydrogens is 251 g/mol. The molecule has 1 amide bonds. The van der Waals surface area contributed by atoms with E-state index in [-0.39, 0.29) is 5.91 Å². The van der Waals surface area contributed by atoms with Gasteiger partial charge in [-0.15, -0.1) is 0 Å². The SMILES string of the molecule is O=C(c1ccc(F)nc1)N1CCC2(CC1)OCCO2. The summed E-state index contributed by atoms with van der Waals surface area (Å²) in [5.41, 5.74) is 0.408. The monoisotopic (exact) mass is 266 g/mol. The first-order chi connectivity index (χ1) is 9.19. The maximum Gasteiger partial charge on any atom is 0.255 e. The molecule has 1 aromatic rings. The van der Waals surface area contributed by atoms with Gasteiger partial charge < -0.3 is 14.4 Å². The molecule has 2 fully saturated rings. The zero-order chi connectivity index (χ0) is 13.3. The Balaban J connectivity index is 1.64. The van der Waals surface area contributed by atoms with E-state index in [4.69, 9.17) is 9.47 Å². The predicted octanol–water partition coefficient (Wildman–Crippen LogP) is 1.20. The number of carbonyl (C=O) groups is 1. The average molecular weight is 266 g/mol. The van der Waals surface area contributed by atoms with E-state index >= 15 is 0 Å². The fourth-order valence-corrected chi connectivity index (χ4v) is 2.52. The van der Waals surface area contributed by atoms with Crippen LogP contribution in [0.15, 0.2) is 18.3 Å². The summed E-state index contributed by atoms with van der Waals surface area (Å²) in [4.78, 5) is 17.4. The number of hydrogen-bond donors (Lipinski definition) is 0. The molecule has 0 saturated carbocycles. The van der Waals surface area contributed by atoms with E-state index in [0.717, 1.165) is 0 Å². The molecular formula is C13H15FN2O3. The van der Waals surface area contributed by atoms with Crippen molar-refractivity contribution in [2.75, 3.05) is 26.3 Å². The molecule has 0 unspecified atom stereocenters. The summed E-state index contributed by atoms with van der Waals surface area (Å²) in [6.45, 7) is 2.40. The van der Waals surface area contributed by atoms with Crippen molar-refractivity contribution in [3.8, 4) is 0 Å². The lowest BCUT2D eigenvalue weighted by Gasteiger charge is -2.37. The third kappa shape index (κ3) is 2.46. The van der Waals surface area contributed by atoms with Crippen LogP contribution >= 0.6 is 0 Å². The molecule has 3 rings (SSSR count). The van der Waals surface area contributed by atoms with Crippen molar-refractivity contribution in [1.82, 2.24) is 9.88 Å². The van der Waals surface area contributed by atoms with E-state index in [2.05, 4.69) is 4.98 Å². The van der Waals surface area contributed by atoms with Crippen molar-refractivity contribution in [2.45, 2.75) is 18.6 Å². The number of amides is 1. The van der Waals surface area contributed by atoms with Crippen molar-refractivity contribution in [1.29, 1.82) is 0 Å². The second kappa shape index (κ2) is 4.86. The standard InChI is InChI=1S/C13H15FN2O3/c14-11-2-1-10(9-15-11)12(17)16-5-3-13(4-6-16)18-7-8-19-13/h1-2,9H,3-8H2. The topological polar surface area (TPSA) is 51.7 Å². The second-order valence-electron chi connectivity index (χ2n) is 4.77. The van der Waals surface area contributed by atoms with Gasteiger partial charge in [-0.1, -0.05) is 0 Å². The highest BCUT2D eigenvalue weighted by Gasteiger charge is 2.40. The molecule has 0 atom stereocenters. The highest BCUT2D eigenvalue weighted by Crippen LogP contribution is 2.31. The number of aromatic nitrogens is 1. The van der Waals surface area contributed by atoms with Gasteiger partial charge in [-0.2, -0.15) is 4.39 Å². The Hall–Kier alpha value is -1.53. The zero-order valence-corrected chi connectivity index (χ0v) is 10.5. The lowest BCUT2D eigenvalue weighted by Crippen LogP contribution is -2.47. The summed E-state index contributed by atoms with van der Waals surface area (Å²) < 4.78 is 23.9. The van der Waals surface area contributed by atoms with E-state index in [1.165, 1.54) is 18.3 Å². The molecule has 0 aromatic carbocycles. The molecule has 6 heteroatoms. The third-order valence-electron chi connectivity index (χ3n) is 3.60. The summed E-state index contributed by atoms with van der Waals surface area (Å²) in [6, 6.07) is 2.65. The van der Waals surface area contributed by atoms with Gasteiger partial charge in [-0.3, -0.25) is 4.79 Å². The van der Waals surface area contributed by atoms with E-state index in [1.807, 2.05) is 0 Å². The zero-order valence-electron chi connectivity index (χ0n) is 10.5. The fraction of sp³-hybridized carbons (Fsp3) is 0.538. The van der Waals surface area contributed by atoms with E-state index in [1.54, 1.807) is 4.90 Å². The highest BCUT2D eigenvalue weighted by molar-refractivity contribution is 5.93. The third-order valence-corrected chi connectivity index (χ3v) is 3.60. The largest absolute Gasteiger partial charge is 0.347 e. The second-order valence-corrected chi connectivity index (χ2v) is 4.77. The predicted molar refractivity (Wildman–Crippen MR) is 64.0 cm³/mol. The molecule has 2 saturated heterocycles. The van der Waals surface area contributed by atoms with Crippen LogP contribution < -0.4 is 0 Å². The van der Waals surface area contributed by atoms with Crippen LogP contribution in [0.4, 0.5) is 4.39 Å². The van der Waals surface area contributed by atoms with Crippen molar-refractivity contribution in [3.63, 3.8) is 0 Å². The minimum Gasteiger partial charge on any atom is -0.347 e. The molecule has 1 aromatic heterocycles. The van der Waals surface area contributed by atoms with Crippen molar-refractivity contribution in [3.05, 3.63) is 29.8 Å². The maximum absolute atomic E-state index is 12.7. The number of halogens is 1. The smallest absolute Gasteiger partial charge is 0.255 e. The number of rotatable bonds is 1. The van der Waals surface area contributed by atoms with Gasteiger partial charge in [0.2, 0.25) is 5.95 Å². The van der Waals surface area contributed by atoms with E-state index < -0.39 is 11.7 Å². The summed E-state index contributed by atoms with van der Waals surface area (Å²) in [5.74, 6) is -1.19. The summed E-state index contributed by atoms with van der Waals surface area (Å²) in [7, 11) is 0. The number of hydrogen-bond acceptors (Lipinski definition) is 4. The summed E-state index contributed by atoms with van der Waals surface area (Å²) >= 11 is 0. The van der Waals surface area contributed by atoms with Gasteiger partial charge in [0.05, 0.1) is 18.8 Å². The van der Waals surface area contributed by atoms with Crippen LogP contribution in [0, 0.1) is 5.95 Å². The molecule has 2 aliphatic heterocycles. The quantitative estimate of drug-likeness (QED) is 0.717. The van der Waals surface area contributed by atoms with Crippen LogP contribution in [0.5, 0.6) is 0 Å². The van der Waals surface area contributed by atoms with Crippen molar-refractivity contribution in [2.24, 2.45) is 0 Å². The van der Waals surface area contributed by atoms with Crippen LogP contribution in [0.1, 0.15) is 23.2 Å². The molecule has 0 N–H and O–H groups in total. The molecule has 0 bridgehead atoms. The Labute approximate surface area is 110 Å². The minimum atomic E-state index is -0.582. The van der Waals surface area contributed by atoms with Crippen LogP contribution in [-0.2, 0) is 9.47 Å². The van der Waals surface area contributed by atoms with Gasteiger partial charge >= 0.3 is 0 Å².